The molecule has 2 fully saturated rings. The Balaban J connectivity index is 1.22. The first-order valence-corrected chi connectivity index (χ1v) is 11.5. The molecule has 1 aromatic carbocycles. The van der Waals surface area contributed by atoms with Gasteiger partial charge in [0.25, 0.3) is 0 Å². The van der Waals surface area contributed by atoms with Gasteiger partial charge in [0.2, 0.25) is 11.8 Å². The summed E-state index contributed by atoms with van der Waals surface area (Å²) in [4.78, 5) is 40.8. The average molecular weight is 461 g/mol. The van der Waals surface area contributed by atoms with Crippen LogP contribution in [0.1, 0.15) is 12.2 Å². The lowest BCUT2D eigenvalue weighted by Crippen LogP contribution is -2.51. The number of nitrogens with zero attached hydrogens (tertiary/aromatic N) is 6. The highest BCUT2D eigenvalue weighted by Crippen LogP contribution is 2.29. The first-order chi connectivity index (χ1) is 16.5. The lowest BCUT2D eigenvalue weighted by Gasteiger charge is -2.36. The molecule has 0 spiro atoms. The molecule has 2 aliphatic rings. The molecule has 9 heteroatoms. The number of aromatic nitrogens is 3. The number of methoxy groups -OCH3 is 1. The van der Waals surface area contributed by atoms with Crippen LogP contribution in [0.25, 0.3) is 5.82 Å². The summed E-state index contributed by atoms with van der Waals surface area (Å²) in [5.41, 5.74) is 0.766. The maximum absolute atomic E-state index is 13.2. The van der Waals surface area contributed by atoms with Crippen molar-refractivity contribution in [2.45, 2.75) is 13.3 Å². The van der Waals surface area contributed by atoms with Gasteiger partial charge in [-0.15, -0.1) is 0 Å². The van der Waals surface area contributed by atoms with E-state index in [2.05, 4.69) is 14.9 Å². The zero-order chi connectivity index (χ0) is 23.7. The van der Waals surface area contributed by atoms with E-state index in [9.17, 15) is 9.59 Å². The normalized spacial score (nSPS) is 18.5. The van der Waals surface area contributed by atoms with Crippen molar-refractivity contribution in [2.24, 2.45) is 5.92 Å². The number of hydrogen-bond donors (Lipinski definition) is 0. The topological polar surface area (TPSA) is 83.8 Å². The Hall–Kier alpha value is -3.88. The van der Waals surface area contributed by atoms with E-state index >= 15 is 0 Å². The third-order valence-corrected chi connectivity index (χ3v) is 6.43. The van der Waals surface area contributed by atoms with Crippen LogP contribution < -0.4 is 14.5 Å². The summed E-state index contributed by atoms with van der Waals surface area (Å²) in [6.45, 7) is 4.87. The molecule has 34 heavy (non-hydrogen) atoms. The molecule has 2 amide bonds. The maximum Gasteiger partial charge on any atom is 0.228 e. The molecule has 0 bridgehead atoms. The number of carbonyl (C=O) groups is 2. The van der Waals surface area contributed by atoms with Gasteiger partial charge >= 0.3 is 0 Å². The number of anilines is 2. The lowest BCUT2D eigenvalue weighted by molar-refractivity contribution is -0.136. The van der Waals surface area contributed by atoms with E-state index in [0.717, 1.165) is 17.3 Å². The van der Waals surface area contributed by atoms with Crippen LogP contribution >= 0.6 is 0 Å². The monoisotopic (exact) mass is 460 g/mol. The van der Waals surface area contributed by atoms with Gasteiger partial charge in [0.1, 0.15) is 23.2 Å². The SMILES string of the molecule is COc1cccc(N2CC(C(=O)N3CCN(c4cc(-n5cccc5)nc(C)n4)CC3)CC2=O)c1. The van der Waals surface area contributed by atoms with Crippen molar-refractivity contribution in [1.29, 1.82) is 0 Å². The van der Waals surface area contributed by atoms with Crippen molar-refractivity contribution in [3.63, 3.8) is 0 Å². The zero-order valence-corrected chi connectivity index (χ0v) is 19.4. The predicted molar refractivity (Wildman–Crippen MR) is 128 cm³/mol. The molecule has 0 saturated carbocycles. The van der Waals surface area contributed by atoms with Gasteiger partial charge in [0, 0.05) is 69.4 Å². The van der Waals surface area contributed by atoms with Crippen molar-refractivity contribution in [3.8, 4) is 11.6 Å². The minimum absolute atomic E-state index is 0.0285. The Kier molecular flexibility index (Phi) is 5.91. The van der Waals surface area contributed by atoms with Crippen LogP contribution in [0.4, 0.5) is 11.5 Å². The second kappa shape index (κ2) is 9.17. The third-order valence-electron chi connectivity index (χ3n) is 6.43. The fourth-order valence-electron chi connectivity index (χ4n) is 4.63. The van der Waals surface area contributed by atoms with E-state index < -0.39 is 0 Å². The minimum atomic E-state index is -0.327. The largest absolute Gasteiger partial charge is 0.497 e. The molecule has 4 heterocycles. The van der Waals surface area contributed by atoms with Crippen LogP contribution in [0.15, 0.2) is 54.9 Å². The Morgan fingerprint density at radius 3 is 2.47 bits per heavy atom. The molecule has 0 aliphatic carbocycles. The number of ether oxygens (including phenoxy) is 1. The van der Waals surface area contributed by atoms with E-state index in [-0.39, 0.29) is 24.2 Å². The van der Waals surface area contributed by atoms with Crippen LogP contribution in [0.2, 0.25) is 0 Å². The third kappa shape index (κ3) is 4.33. The van der Waals surface area contributed by atoms with Gasteiger partial charge in [-0.05, 0) is 31.2 Å². The van der Waals surface area contributed by atoms with Gasteiger partial charge in [-0.3, -0.25) is 9.59 Å². The average Bonchev–Trinajstić information content (AvgIpc) is 3.54. The molecule has 2 aromatic heterocycles. The fraction of sp³-hybridized carbons (Fsp3) is 0.360. The number of carbonyl (C=O) groups excluding carboxylic acids is 2. The molecule has 1 unspecified atom stereocenters. The summed E-state index contributed by atoms with van der Waals surface area (Å²) >= 11 is 0. The van der Waals surface area contributed by atoms with E-state index in [0.29, 0.717) is 44.3 Å². The highest BCUT2D eigenvalue weighted by Gasteiger charge is 2.38. The van der Waals surface area contributed by atoms with Gasteiger partial charge in [0.15, 0.2) is 0 Å². The lowest BCUT2D eigenvalue weighted by atomic mass is 10.1. The summed E-state index contributed by atoms with van der Waals surface area (Å²) in [5.74, 6) is 2.78. The second-order valence-corrected chi connectivity index (χ2v) is 8.64. The summed E-state index contributed by atoms with van der Waals surface area (Å²) in [7, 11) is 1.60. The molecule has 5 rings (SSSR count). The molecule has 2 saturated heterocycles. The fourth-order valence-corrected chi connectivity index (χ4v) is 4.63. The summed E-state index contributed by atoms with van der Waals surface area (Å²) in [6.07, 6.45) is 4.15. The first-order valence-electron chi connectivity index (χ1n) is 11.5. The number of aryl methyl sites for hydroxylation is 1. The quantitative estimate of drug-likeness (QED) is 0.581. The van der Waals surface area contributed by atoms with Crippen molar-refractivity contribution < 1.29 is 14.3 Å². The van der Waals surface area contributed by atoms with Crippen LogP contribution in [0.5, 0.6) is 5.75 Å². The van der Waals surface area contributed by atoms with Gasteiger partial charge in [0.05, 0.1) is 13.0 Å². The van der Waals surface area contributed by atoms with Crippen LogP contribution in [0, 0.1) is 12.8 Å². The molecule has 1 atom stereocenters. The zero-order valence-electron chi connectivity index (χ0n) is 19.4. The van der Waals surface area contributed by atoms with Crippen LogP contribution in [0.3, 0.4) is 0 Å². The molecule has 9 nitrogen and oxygen atoms in total. The van der Waals surface area contributed by atoms with Gasteiger partial charge in [-0.2, -0.15) is 0 Å². The van der Waals surface area contributed by atoms with Crippen molar-refractivity contribution in [1.82, 2.24) is 19.4 Å². The van der Waals surface area contributed by atoms with E-state index in [1.54, 1.807) is 12.0 Å². The Morgan fingerprint density at radius 1 is 1.00 bits per heavy atom. The molecular weight excluding hydrogens is 432 g/mol. The summed E-state index contributed by atoms with van der Waals surface area (Å²) < 4.78 is 7.23. The molecule has 0 radical (unpaired) electrons. The molecule has 0 N–H and O–H groups in total. The highest BCUT2D eigenvalue weighted by molar-refractivity contribution is 6.00. The molecule has 3 aromatic rings. The molecular formula is C25H28N6O3. The Morgan fingerprint density at radius 2 is 1.74 bits per heavy atom. The number of piperazine rings is 1. The molecule has 176 valence electrons. The maximum atomic E-state index is 13.2. The first kappa shape index (κ1) is 21.9. The minimum Gasteiger partial charge on any atom is -0.497 e. The van der Waals surface area contributed by atoms with Crippen LogP contribution in [-0.2, 0) is 9.59 Å². The number of rotatable bonds is 5. The highest BCUT2D eigenvalue weighted by atomic mass is 16.5. The van der Waals surface area contributed by atoms with E-state index in [1.807, 2.05) is 71.2 Å². The standard InChI is InChI=1S/C25H28N6O3/c1-18-26-22(28-8-3-4-9-28)16-23(27-18)29-10-12-30(13-11-29)25(33)19-14-24(32)31(17-19)20-6-5-7-21(15-20)34-2/h3-9,15-16,19H,10-14,17H2,1-2H3. The van der Waals surface area contributed by atoms with Crippen molar-refractivity contribution in [3.05, 3.63) is 60.7 Å². The van der Waals surface area contributed by atoms with Gasteiger partial charge in [-0.25, -0.2) is 9.97 Å². The van der Waals surface area contributed by atoms with Gasteiger partial charge in [-0.1, -0.05) is 6.07 Å². The Bertz CT molecular complexity index is 1190. The predicted octanol–water partition coefficient (Wildman–Crippen LogP) is 2.29. The number of hydrogen-bond acceptors (Lipinski definition) is 6. The van der Waals surface area contributed by atoms with Crippen molar-refractivity contribution in [2.75, 3.05) is 49.6 Å². The number of amides is 2. The summed E-state index contributed by atoms with van der Waals surface area (Å²) in [6, 6.07) is 13.3. The second-order valence-electron chi connectivity index (χ2n) is 8.64. The van der Waals surface area contributed by atoms with Crippen molar-refractivity contribution >= 4 is 23.3 Å². The summed E-state index contributed by atoms with van der Waals surface area (Å²) in [5, 5.41) is 0. The smallest absolute Gasteiger partial charge is 0.228 e. The number of benzene rings is 1. The Labute approximate surface area is 198 Å². The van der Waals surface area contributed by atoms with Crippen LogP contribution in [-0.4, -0.2) is 71.1 Å². The van der Waals surface area contributed by atoms with E-state index in [1.165, 1.54) is 0 Å². The molecule has 2 aliphatic heterocycles. The van der Waals surface area contributed by atoms with Gasteiger partial charge < -0.3 is 24.0 Å². The van der Waals surface area contributed by atoms with E-state index in [4.69, 9.17) is 4.74 Å².